The molecule has 0 fully saturated rings. The third-order valence-corrected chi connectivity index (χ3v) is 5.82. The highest BCUT2D eigenvalue weighted by Gasteiger charge is 2.16. The van der Waals surface area contributed by atoms with Crippen LogP contribution in [-0.4, -0.2) is 5.78 Å². The van der Waals surface area contributed by atoms with Crippen LogP contribution < -0.4 is 0 Å². The zero-order valence-electron chi connectivity index (χ0n) is 10.2. The second-order valence-electron chi connectivity index (χ2n) is 4.79. The van der Waals surface area contributed by atoms with Crippen LogP contribution in [0.5, 0.6) is 0 Å². The number of aryl methyl sites for hydroxylation is 2. The van der Waals surface area contributed by atoms with Gasteiger partial charge in [-0.3, -0.25) is 4.79 Å². The Kier molecular flexibility index (Phi) is 3.92. The van der Waals surface area contributed by atoms with Crippen molar-refractivity contribution in [1.82, 2.24) is 0 Å². The van der Waals surface area contributed by atoms with Crippen LogP contribution in [-0.2, 0) is 19.3 Å². The predicted octanol–water partition coefficient (Wildman–Crippen LogP) is 5.19. The summed E-state index contributed by atoms with van der Waals surface area (Å²) in [6.07, 6.45) is 4.07. The van der Waals surface area contributed by atoms with Crippen LogP contribution in [0, 0.1) is 0 Å². The van der Waals surface area contributed by atoms with Gasteiger partial charge >= 0.3 is 0 Å². The molecule has 0 atom stereocenters. The lowest BCUT2D eigenvalue weighted by Gasteiger charge is -2.04. The molecule has 2 aromatic rings. The lowest BCUT2D eigenvalue weighted by Crippen LogP contribution is -2.03. The van der Waals surface area contributed by atoms with Crippen molar-refractivity contribution in [3.8, 4) is 0 Å². The molecule has 0 radical (unpaired) electrons. The molecule has 0 saturated carbocycles. The summed E-state index contributed by atoms with van der Waals surface area (Å²) < 4.78 is 1.89. The summed E-state index contributed by atoms with van der Waals surface area (Å²) in [6, 6.07) is 8.38. The molecular weight excluding hydrogens is 388 g/mol. The Morgan fingerprint density at radius 2 is 1.95 bits per heavy atom. The molecule has 1 nitrogen and oxygen atoms in total. The summed E-state index contributed by atoms with van der Waals surface area (Å²) in [5, 5.41) is 0. The lowest BCUT2D eigenvalue weighted by atomic mass is 10.0. The molecule has 1 aliphatic rings. The zero-order valence-corrected chi connectivity index (χ0v) is 14.2. The monoisotopic (exact) mass is 398 g/mol. The van der Waals surface area contributed by atoms with Gasteiger partial charge in [-0.25, -0.2) is 0 Å². The summed E-state index contributed by atoms with van der Waals surface area (Å²) in [7, 11) is 0. The van der Waals surface area contributed by atoms with Crippen molar-refractivity contribution >= 4 is 49.0 Å². The maximum atomic E-state index is 12.3. The molecule has 19 heavy (non-hydrogen) atoms. The number of fused-ring (bicyclic) bond motifs is 1. The molecule has 4 heteroatoms. The van der Waals surface area contributed by atoms with E-state index < -0.39 is 0 Å². The van der Waals surface area contributed by atoms with Gasteiger partial charge in [-0.05, 0) is 73.9 Å². The first-order valence-electron chi connectivity index (χ1n) is 6.22. The minimum absolute atomic E-state index is 0.173. The Morgan fingerprint density at radius 1 is 1.16 bits per heavy atom. The molecule has 1 heterocycles. The molecule has 3 rings (SSSR count). The van der Waals surface area contributed by atoms with Gasteiger partial charge in [-0.2, -0.15) is 0 Å². The van der Waals surface area contributed by atoms with E-state index in [-0.39, 0.29) is 5.78 Å². The highest BCUT2D eigenvalue weighted by atomic mass is 79.9. The molecule has 0 aliphatic heterocycles. The van der Waals surface area contributed by atoms with Gasteiger partial charge in [0.05, 0.1) is 7.57 Å². The molecule has 0 saturated heterocycles. The van der Waals surface area contributed by atoms with Crippen LogP contribution in [0.15, 0.2) is 31.8 Å². The molecular formula is C15H12Br2OS. The summed E-state index contributed by atoms with van der Waals surface area (Å²) >= 11 is 8.40. The molecule has 0 amide bonds. The number of thiophene rings is 1. The van der Waals surface area contributed by atoms with Gasteiger partial charge in [0, 0.05) is 12.0 Å². The van der Waals surface area contributed by atoms with E-state index in [0.29, 0.717) is 6.42 Å². The van der Waals surface area contributed by atoms with E-state index in [9.17, 15) is 4.79 Å². The SMILES string of the molecule is O=C(Cc1ccc2c(c1)CCC2)c1cc(Br)sc1Br. The maximum absolute atomic E-state index is 12.3. The van der Waals surface area contributed by atoms with Gasteiger partial charge in [0.2, 0.25) is 0 Å². The number of rotatable bonds is 3. The van der Waals surface area contributed by atoms with Gasteiger partial charge in [-0.1, -0.05) is 18.2 Å². The average Bonchev–Trinajstić information content (AvgIpc) is 2.94. The zero-order chi connectivity index (χ0) is 13.4. The fourth-order valence-electron chi connectivity index (χ4n) is 2.55. The number of hydrogen-bond donors (Lipinski definition) is 0. The van der Waals surface area contributed by atoms with E-state index in [0.717, 1.165) is 25.1 Å². The lowest BCUT2D eigenvalue weighted by molar-refractivity contribution is 0.0992. The van der Waals surface area contributed by atoms with Gasteiger partial charge in [-0.15, -0.1) is 11.3 Å². The molecule has 1 aromatic heterocycles. The Balaban J connectivity index is 1.81. The van der Waals surface area contributed by atoms with Gasteiger partial charge < -0.3 is 0 Å². The van der Waals surface area contributed by atoms with Crippen LogP contribution in [0.4, 0.5) is 0 Å². The molecule has 1 aromatic carbocycles. The van der Waals surface area contributed by atoms with E-state index in [4.69, 9.17) is 0 Å². The van der Waals surface area contributed by atoms with Crippen molar-refractivity contribution in [2.45, 2.75) is 25.7 Å². The third kappa shape index (κ3) is 2.86. The smallest absolute Gasteiger partial charge is 0.169 e. The normalized spacial score (nSPS) is 13.6. The summed E-state index contributed by atoms with van der Waals surface area (Å²) in [6.45, 7) is 0. The second kappa shape index (κ2) is 5.51. The quantitative estimate of drug-likeness (QED) is 0.649. The fraction of sp³-hybridized carbons (Fsp3) is 0.267. The van der Waals surface area contributed by atoms with Crippen LogP contribution in [0.25, 0.3) is 0 Å². The minimum atomic E-state index is 0.173. The Bertz CT molecular complexity index is 646. The Labute approximate surface area is 133 Å². The van der Waals surface area contributed by atoms with E-state index in [1.54, 1.807) is 11.3 Å². The van der Waals surface area contributed by atoms with Crippen LogP contribution in [0.2, 0.25) is 0 Å². The average molecular weight is 400 g/mol. The van der Waals surface area contributed by atoms with Gasteiger partial charge in [0.15, 0.2) is 5.78 Å². The minimum Gasteiger partial charge on any atom is -0.294 e. The van der Waals surface area contributed by atoms with Crippen LogP contribution in [0.3, 0.4) is 0 Å². The van der Waals surface area contributed by atoms with Crippen molar-refractivity contribution in [3.63, 3.8) is 0 Å². The fourth-order valence-corrected chi connectivity index (χ4v) is 5.40. The number of hydrogen-bond acceptors (Lipinski definition) is 2. The topological polar surface area (TPSA) is 17.1 Å². The van der Waals surface area contributed by atoms with Gasteiger partial charge in [0.1, 0.15) is 0 Å². The summed E-state index contributed by atoms with van der Waals surface area (Å²) in [4.78, 5) is 12.3. The Hall–Kier alpha value is -0.450. The van der Waals surface area contributed by atoms with Crippen LogP contribution >= 0.6 is 43.2 Å². The number of carbonyl (C=O) groups excluding carboxylic acids is 1. The second-order valence-corrected chi connectivity index (χ2v) is 8.54. The van der Waals surface area contributed by atoms with Crippen molar-refractivity contribution < 1.29 is 4.79 Å². The van der Waals surface area contributed by atoms with E-state index in [1.165, 1.54) is 24.0 Å². The number of halogens is 2. The molecule has 1 aliphatic carbocycles. The van der Waals surface area contributed by atoms with Crippen molar-refractivity contribution in [2.75, 3.05) is 0 Å². The predicted molar refractivity (Wildman–Crippen MR) is 86.2 cm³/mol. The first-order valence-corrected chi connectivity index (χ1v) is 8.62. The first-order chi connectivity index (χ1) is 9.13. The molecule has 98 valence electrons. The molecule has 0 bridgehead atoms. The molecule has 0 spiro atoms. The maximum Gasteiger partial charge on any atom is 0.169 e. The largest absolute Gasteiger partial charge is 0.294 e. The summed E-state index contributed by atoms with van der Waals surface area (Å²) in [5.41, 5.74) is 4.78. The number of benzene rings is 1. The summed E-state index contributed by atoms with van der Waals surface area (Å²) in [5.74, 6) is 0.173. The van der Waals surface area contributed by atoms with Crippen molar-refractivity contribution in [2.24, 2.45) is 0 Å². The highest BCUT2D eigenvalue weighted by molar-refractivity contribution is 9.12. The molecule has 0 N–H and O–H groups in total. The molecule has 0 unspecified atom stereocenters. The third-order valence-electron chi connectivity index (χ3n) is 3.48. The van der Waals surface area contributed by atoms with Gasteiger partial charge in [0.25, 0.3) is 0 Å². The van der Waals surface area contributed by atoms with Crippen molar-refractivity contribution in [1.29, 1.82) is 0 Å². The highest BCUT2D eigenvalue weighted by Crippen LogP contribution is 2.33. The number of ketones is 1. The number of Topliss-reactive ketones (excluding diaryl/α,β-unsaturated/α-hetero) is 1. The number of carbonyl (C=O) groups is 1. The van der Waals surface area contributed by atoms with E-state index >= 15 is 0 Å². The first kappa shape index (κ1) is 13.5. The van der Waals surface area contributed by atoms with Crippen LogP contribution in [0.1, 0.15) is 33.5 Å². The van der Waals surface area contributed by atoms with E-state index in [1.807, 2.05) is 6.07 Å². The van der Waals surface area contributed by atoms with E-state index in [2.05, 4.69) is 50.1 Å². The standard InChI is InChI=1S/C15H12Br2OS/c16-14-8-12(15(17)19-14)13(18)7-9-4-5-10-2-1-3-11(10)6-9/h4-6,8H,1-3,7H2. The Morgan fingerprint density at radius 3 is 2.68 bits per heavy atom. The van der Waals surface area contributed by atoms with Crippen molar-refractivity contribution in [3.05, 3.63) is 54.1 Å².